The molecule has 5 nitrogen and oxygen atoms in total. The van der Waals surface area contributed by atoms with Crippen LogP contribution in [0.15, 0.2) is 69.9 Å². The Labute approximate surface area is 157 Å². The maximum atomic E-state index is 12.5. The summed E-state index contributed by atoms with van der Waals surface area (Å²) in [6.07, 6.45) is 1.77. The van der Waals surface area contributed by atoms with E-state index in [0.717, 1.165) is 32.5 Å². The number of carbonyl (C=O) groups is 1. The molecule has 3 aromatic rings. The van der Waals surface area contributed by atoms with Gasteiger partial charge in [0, 0.05) is 31.7 Å². The first kappa shape index (κ1) is 17.5. The summed E-state index contributed by atoms with van der Waals surface area (Å²) in [4.78, 5) is 27.1. The van der Waals surface area contributed by atoms with Crippen LogP contribution in [-0.4, -0.2) is 29.9 Å². The van der Waals surface area contributed by atoms with E-state index < -0.39 is 0 Å². The van der Waals surface area contributed by atoms with E-state index in [-0.39, 0.29) is 23.1 Å². The molecule has 2 aromatic carbocycles. The number of nitrogens with one attached hydrogen (secondary N) is 1. The average molecular weight is 362 g/mol. The molecule has 138 valence electrons. The van der Waals surface area contributed by atoms with Crippen molar-refractivity contribution in [2.75, 3.05) is 13.1 Å². The summed E-state index contributed by atoms with van der Waals surface area (Å²) in [5.74, 6) is -0.246. The number of carbonyl (C=O) groups excluding carboxylic acids is 1. The van der Waals surface area contributed by atoms with Crippen molar-refractivity contribution in [3.63, 3.8) is 0 Å². The van der Waals surface area contributed by atoms with Crippen LogP contribution in [0, 0.1) is 0 Å². The van der Waals surface area contributed by atoms with E-state index in [0.29, 0.717) is 11.0 Å². The van der Waals surface area contributed by atoms with E-state index in [1.165, 1.54) is 11.6 Å². The number of hydrogen-bond acceptors (Lipinski definition) is 4. The van der Waals surface area contributed by atoms with Gasteiger partial charge >= 0.3 is 0 Å². The van der Waals surface area contributed by atoms with E-state index in [2.05, 4.69) is 34.5 Å². The second-order valence-corrected chi connectivity index (χ2v) is 6.98. The molecule has 1 amide bonds. The second kappa shape index (κ2) is 7.76. The lowest BCUT2D eigenvalue weighted by atomic mass is 10.0. The van der Waals surface area contributed by atoms with Crippen molar-refractivity contribution in [1.82, 2.24) is 10.2 Å². The van der Waals surface area contributed by atoms with Gasteiger partial charge in [0.05, 0.1) is 5.39 Å². The molecule has 1 N–H and O–H groups in total. The quantitative estimate of drug-likeness (QED) is 0.774. The Bertz CT molecular complexity index is 989. The smallest absolute Gasteiger partial charge is 0.287 e. The normalized spacial score (nSPS) is 15.7. The summed E-state index contributed by atoms with van der Waals surface area (Å²) in [7, 11) is 0. The van der Waals surface area contributed by atoms with Crippen LogP contribution in [-0.2, 0) is 6.54 Å². The Balaban J connectivity index is 1.36. The fraction of sp³-hybridized carbons (Fsp3) is 0.273. The van der Waals surface area contributed by atoms with E-state index >= 15 is 0 Å². The van der Waals surface area contributed by atoms with Crippen LogP contribution in [0.2, 0.25) is 0 Å². The Morgan fingerprint density at radius 1 is 1.04 bits per heavy atom. The minimum atomic E-state index is -0.320. The number of nitrogens with zero attached hydrogens (tertiary/aromatic N) is 1. The molecule has 27 heavy (non-hydrogen) atoms. The summed E-state index contributed by atoms with van der Waals surface area (Å²) < 4.78 is 5.62. The Morgan fingerprint density at radius 3 is 2.52 bits per heavy atom. The fourth-order valence-electron chi connectivity index (χ4n) is 3.55. The number of para-hydroxylation sites is 1. The van der Waals surface area contributed by atoms with Crippen molar-refractivity contribution < 1.29 is 9.21 Å². The molecule has 0 saturated carbocycles. The van der Waals surface area contributed by atoms with Crippen molar-refractivity contribution in [1.29, 1.82) is 0 Å². The molecule has 0 atom stereocenters. The molecule has 1 aliphatic heterocycles. The molecular weight excluding hydrogens is 340 g/mol. The molecule has 1 aliphatic rings. The van der Waals surface area contributed by atoms with Crippen molar-refractivity contribution in [2.24, 2.45) is 0 Å². The SMILES string of the molecule is O=C(NC1CCN(Cc2ccccc2)CC1)c1cc(=O)c2ccccc2o1. The zero-order chi connectivity index (χ0) is 18.6. The molecule has 0 aliphatic carbocycles. The number of likely N-dealkylation sites (tertiary alicyclic amines) is 1. The molecule has 0 spiro atoms. The maximum absolute atomic E-state index is 12.5. The first-order chi connectivity index (χ1) is 13.2. The third-order valence-corrected chi connectivity index (χ3v) is 5.03. The van der Waals surface area contributed by atoms with Gasteiger partial charge in [-0.05, 0) is 30.5 Å². The topological polar surface area (TPSA) is 62.6 Å². The highest BCUT2D eigenvalue weighted by molar-refractivity contribution is 5.93. The highest BCUT2D eigenvalue weighted by Gasteiger charge is 2.22. The third-order valence-electron chi connectivity index (χ3n) is 5.03. The minimum absolute atomic E-state index is 0.0745. The lowest BCUT2D eigenvalue weighted by Gasteiger charge is -2.32. The van der Waals surface area contributed by atoms with Gasteiger partial charge in [0.25, 0.3) is 5.91 Å². The second-order valence-electron chi connectivity index (χ2n) is 6.98. The predicted molar refractivity (Wildman–Crippen MR) is 105 cm³/mol. The summed E-state index contributed by atoms with van der Waals surface area (Å²) in [6.45, 7) is 2.80. The number of amides is 1. The van der Waals surface area contributed by atoms with Crippen molar-refractivity contribution in [2.45, 2.75) is 25.4 Å². The van der Waals surface area contributed by atoms with Crippen molar-refractivity contribution in [3.05, 3.63) is 82.2 Å². The van der Waals surface area contributed by atoms with E-state index in [1.807, 2.05) is 6.07 Å². The molecular formula is C22H22N2O3. The molecule has 1 fully saturated rings. The van der Waals surface area contributed by atoms with Crippen LogP contribution < -0.4 is 10.7 Å². The van der Waals surface area contributed by atoms with Crippen molar-refractivity contribution in [3.8, 4) is 0 Å². The third kappa shape index (κ3) is 4.09. The number of benzene rings is 2. The number of piperidine rings is 1. The Hall–Kier alpha value is -2.92. The van der Waals surface area contributed by atoms with Crippen LogP contribution in [0.5, 0.6) is 0 Å². The van der Waals surface area contributed by atoms with Gasteiger partial charge in [0.15, 0.2) is 11.2 Å². The fourth-order valence-corrected chi connectivity index (χ4v) is 3.55. The summed E-state index contributed by atoms with van der Waals surface area (Å²) in [5, 5.41) is 3.50. The van der Waals surface area contributed by atoms with Gasteiger partial charge in [0.1, 0.15) is 5.58 Å². The number of hydrogen-bond donors (Lipinski definition) is 1. The zero-order valence-corrected chi connectivity index (χ0v) is 15.1. The molecule has 1 aromatic heterocycles. The largest absolute Gasteiger partial charge is 0.451 e. The first-order valence-electron chi connectivity index (χ1n) is 9.29. The van der Waals surface area contributed by atoms with Crippen LogP contribution in [0.1, 0.15) is 29.0 Å². The van der Waals surface area contributed by atoms with Crippen molar-refractivity contribution >= 4 is 16.9 Å². The average Bonchev–Trinajstić information content (AvgIpc) is 2.70. The van der Waals surface area contributed by atoms with Crippen LogP contribution in [0.25, 0.3) is 11.0 Å². The Kier molecular flexibility index (Phi) is 5.03. The van der Waals surface area contributed by atoms with E-state index in [4.69, 9.17) is 4.42 Å². The maximum Gasteiger partial charge on any atom is 0.287 e. The lowest BCUT2D eigenvalue weighted by molar-refractivity contribution is 0.0881. The van der Waals surface area contributed by atoms with Gasteiger partial charge in [-0.15, -0.1) is 0 Å². The number of rotatable bonds is 4. The van der Waals surface area contributed by atoms with Gasteiger partial charge in [-0.2, -0.15) is 0 Å². The van der Waals surface area contributed by atoms with Gasteiger partial charge < -0.3 is 9.73 Å². The molecule has 0 unspecified atom stereocenters. The standard InChI is InChI=1S/C22H22N2O3/c25-19-14-21(27-20-9-5-4-8-18(19)20)22(26)23-17-10-12-24(13-11-17)15-16-6-2-1-3-7-16/h1-9,14,17H,10-13,15H2,(H,23,26). The van der Waals surface area contributed by atoms with E-state index in [1.54, 1.807) is 24.3 Å². The highest BCUT2D eigenvalue weighted by atomic mass is 16.3. The summed E-state index contributed by atoms with van der Waals surface area (Å²) >= 11 is 0. The molecule has 4 rings (SSSR count). The monoisotopic (exact) mass is 362 g/mol. The minimum Gasteiger partial charge on any atom is -0.451 e. The molecule has 5 heteroatoms. The molecule has 0 radical (unpaired) electrons. The first-order valence-corrected chi connectivity index (χ1v) is 9.29. The van der Waals surface area contributed by atoms with Crippen LogP contribution >= 0.6 is 0 Å². The summed E-state index contributed by atoms with van der Waals surface area (Å²) in [5.41, 5.74) is 1.55. The molecule has 1 saturated heterocycles. The highest BCUT2D eigenvalue weighted by Crippen LogP contribution is 2.16. The van der Waals surface area contributed by atoms with Gasteiger partial charge in [-0.25, -0.2) is 0 Å². The zero-order valence-electron chi connectivity index (χ0n) is 15.1. The molecule has 2 heterocycles. The lowest BCUT2D eigenvalue weighted by Crippen LogP contribution is -2.44. The van der Waals surface area contributed by atoms with Gasteiger partial charge in [-0.1, -0.05) is 42.5 Å². The predicted octanol–water partition coefficient (Wildman–Crippen LogP) is 3.19. The van der Waals surface area contributed by atoms with Gasteiger partial charge in [0.2, 0.25) is 0 Å². The molecule has 0 bridgehead atoms. The van der Waals surface area contributed by atoms with E-state index in [9.17, 15) is 9.59 Å². The van der Waals surface area contributed by atoms with Crippen LogP contribution in [0.4, 0.5) is 0 Å². The number of fused-ring (bicyclic) bond motifs is 1. The van der Waals surface area contributed by atoms with Gasteiger partial charge in [-0.3, -0.25) is 14.5 Å². The van der Waals surface area contributed by atoms with Crippen LogP contribution in [0.3, 0.4) is 0 Å². The Morgan fingerprint density at radius 2 is 1.74 bits per heavy atom. The summed E-state index contributed by atoms with van der Waals surface area (Å²) in [6, 6.07) is 18.8.